The van der Waals surface area contributed by atoms with Gasteiger partial charge in [-0.2, -0.15) is 5.26 Å². The fourth-order valence-electron chi connectivity index (χ4n) is 3.93. The molecule has 1 fully saturated rings. The molecule has 0 radical (unpaired) electrons. The monoisotopic (exact) mass is 522 g/mol. The van der Waals surface area contributed by atoms with Gasteiger partial charge in [0.2, 0.25) is 5.91 Å². The molecule has 1 saturated heterocycles. The molecule has 0 aliphatic carbocycles. The third kappa shape index (κ3) is 6.28. The van der Waals surface area contributed by atoms with E-state index in [2.05, 4.69) is 26.7 Å². The van der Waals surface area contributed by atoms with Crippen molar-refractivity contribution < 1.29 is 23.8 Å². The molecule has 2 aromatic rings. The summed E-state index contributed by atoms with van der Waals surface area (Å²) in [6.07, 6.45) is 3.45. The van der Waals surface area contributed by atoms with E-state index in [1.54, 1.807) is 31.2 Å². The van der Waals surface area contributed by atoms with Gasteiger partial charge in [0.1, 0.15) is 35.9 Å². The Morgan fingerprint density at radius 1 is 1.32 bits per heavy atom. The molecule has 2 aliphatic rings. The first-order valence-electron chi connectivity index (χ1n) is 12.0. The molecular formula is C25H30N8O5. The van der Waals surface area contributed by atoms with E-state index in [9.17, 15) is 14.9 Å². The van der Waals surface area contributed by atoms with Crippen LogP contribution in [0.2, 0.25) is 0 Å². The van der Waals surface area contributed by atoms with Crippen molar-refractivity contribution in [3.05, 3.63) is 53.7 Å². The van der Waals surface area contributed by atoms with Crippen LogP contribution in [0.3, 0.4) is 0 Å². The number of amides is 3. The van der Waals surface area contributed by atoms with Gasteiger partial charge in [-0.3, -0.25) is 19.9 Å². The lowest BCUT2D eigenvalue weighted by molar-refractivity contribution is -0.136. The largest absolute Gasteiger partial charge is 0.454 e. The van der Waals surface area contributed by atoms with Gasteiger partial charge < -0.3 is 24.4 Å². The molecule has 0 saturated carbocycles. The minimum absolute atomic E-state index is 0.0302. The summed E-state index contributed by atoms with van der Waals surface area (Å²) in [4.78, 5) is 39.4. The zero-order valence-electron chi connectivity index (χ0n) is 21.5. The van der Waals surface area contributed by atoms with Crippen molar-refractivity contribution in [2.45, 2.75) is 12.8 Å². The van der Waals surface area contributed by atoms with Crippen molar-refractivity contribution >= 4 is 29.3 Å². The molecule has 2 N–H and O–H groups in total. The summed E-state index contributed by atoms with van der Waals surface area (Å²) in [7, 11) is 5.07. The first kappa shape index (κ1) is 26.6. The maximum absolute atomic E-state index is 13.0. The summed E-state index contributed by atoms with van der Waals surface area (Å²) in [6.45, 7) is 3.02. The van der Waals surface area contributed by atoms with Gasteiger partial charge in [-0.15, -0.1) is 0 Å². The van der Waals surface area contributed by atoms with Crippen molar-refractivity contribution in [3.8, 4) is 6.07 Å². The number of pyridine rings is 2. The van der Waals surface area contributed by atoms with E-state index in [1.165, 1.54) is 23.6 Å². The van der Waals surface area contributed by atoms with Crippen LogP contribution in [0.4, 0.5) is 22.1 Å². The molecule has 0 spiro atoms. The highest BCUT2D eigenvalue weighted by molar-refractivity contribution is 6.00. The molecule has 13 heteroatoms. The first-order chi connectivity index (χ1) is 18.4. The van der Waals surface area contributed by atoms with Crippen LogP contribution < -0.4 is 15.5 Å². The Hall–Kier alpha value is -4.41. The molecule has 0 atom stereocenters. The SMILES string of the molecule is COCCNc1cc(NC(=O)N(C)c2ccc(CN3CCN(C)CC3=O)c(C3OC=CO3)n2)ncc1C#N. The van der Waals surface area contributed by atoms with Crippen molar-refractivity contribution in [1.82, 2.24) is 19.8 Å². The van der Waals surface area contributed by atoms with E-state index in [1.807, 2.05) is 18.0 Å². The first-order valence-corrected chi connectivity index (χ1v) is 12.0. The van der Waals surface area contributed by atoms with Gasteiger partial charge in [0.15, 0.2) is 0 Å². The van der Waals surface area contributed by atoms with Gasteiger partial charge in [-0.05, 0) is 13.1 Å². The third-order valence-electron chi connectivity index (χ3n) is 6.08. The number of hydrogen-bond donors (Lipinski definition) is 2. The fraction of sp³-hybridized carbons (Fsp3) is 0.400. The number of likely N-dealkylation sites (N-methyl/N-ethyl adjacent to an activating group) is 1. The van der Waals surface area contributed by atoms with E-state index < -0.39 is 12.3 Å². The second-order valence-electron chi connectivity index (χ2n) is 8.78. The highest BCUT2D eigenvalue weighted by Gasteiger charge is 2.28. The predicted octanol–water partition coefficient (Wildman–Crippen LogP) is 1.87. The molecule has 3 amide bonds. The highest BCUT2D eigenvalue weighted by atomic mass is 16.7. The average Bonchev–Trinajstić information content (AvgIpc) is 3.45. The van der Waals surface area contributed by atoms with Crippen LogP contribution in [0.25, 0.3) is 0 Å². The molecule has 0 aromatic carbocycles. The lowest BCUT2D eigenvalue weighted by atomic mass is 10.1. The van der Waals surface area contributed by atoms with Crippen LogP contribution in [0.1, 0.15) is 23.1 Å². The molecule has 2 aromatic heterocycles. The second-order valence-corrected chi connectivity index (χ2v) is 8.78. The standard InChI is InChI=1S/C25H30N8O5/c1-31-7-8-33(22(34)16-31)15-17-4-5-21(30-23(17)24-37-10-11-38-24)32(2)25(35)29-20-12-19(27-6-9-36-3)18(13-26)14-28-20/h4-5,10-12,14,24H,6-9,15-16H2,1-3H3,(H2,27,28,29,35). The molecule has 200 valence electrons. The van der Waals surface area contributed by atoms with E-state index in [0.29, 0.717) is 55.5 Å². The number of anilines is 3. The van der Waals surface area contributed by atoms with Gasteiger partial charge in [0.05, 0.1) is 24.4 Å². The van der Waals surface area contributed by atoms with Crippen LogP contribution in [0.15, 0.2) is 36.9 Å². The Morgan fingerprint density at radius 3 is 2.82 bits per heavy atom. The van der Waals surface area contributed by atoms with E-state index in [4.69, 9.17) is 14.2 Å². The maximum Gasteiger partial charge on any atom is 0.328 e. The lowest BCUT2D eigenvalue weighted by Gasteiger charge is -2.32. The Morgan fingerprint density at radius 2 is 2.11 bits per heavy atom. The molecule has 4 heterocycles. The van der Waals surface area contributed by atoms with Crippen LogP contribution in [0.5, 0.6) is 0 Å². The molecule has 0 unspecified atom stereocenters. The zero-order valence-corrected chi connectivity index (χ0v) is 21.5. The quantitative estimate of drug-likeness (QED) is 0.468. The van der Waals surface area contributed by atoms with E-state index in [0.717, 1.165) is 12.1 Å². The van der Waals surface area contributed by atoms with Gasteiger partial charge >= 0.3 is 6.03 Å². The van der Waals surface area contributed by atoms with Crippen molar-refractivity contribution in [3.63, 3.8) is 0 Å². The number of rotatable bonds is 9. The summed E-state index contributed by atoms with van der Waals surface area (Å²) in [5.74, 6) is 0.637. The molecule has 4 rings (SSSR count). The Kier molecular flexibility index (Phi) is 8.57. The number of nitriles is 1. The summed E-state index contributed by atoms with van der Waals surface area (Å²) >= 11 is 0. The van der Waals surface area contributed by atoms with Crippen LogP contribution in [0, 0.1) is 11.3 Å². The average molecular weight is 523 g/mol. The Labute approximate surface area is 220 Å². The number of carbonyl (C=O) groups is 2. The Bertz CT molecular complexity index is 1240. The minimum Gasteiger partial charge on any atom is -0.454 e. The van der Waals surface area contributed by atoms with Crippen molar-refractivity contribution in [1.29, 1.82) is 5.26 Å². The number of carbonyl (C=O) groups excluding carboxylic acids is 2. The number of aromatic nitrogens is 2. The number of nitrogens with zero attached hydrogens (tertiary/aromatic N) is 6. The topological polar surface area (TPSA) is 145 Å². The van der Waals surface area contributed by atoms with Crippen molar-refractivity contribution in [2.24, 2.45) is 0 Å². The smallest absolute Gasteiger partial charge is 0.328 e. The highest BCUT2D eigenvalue weighted by Crippen LogP contribution is 2.29. The molecule has 38 heavy (non-hydrogen) atoms. The fourth-order valence-corrected chi connectivity index (χ4v) is 3.93. The van der Waals surface area contributed by atoms with Crippen molar-refractivity contribution in [2.75, 3.05) is 69.5 Å². The molecular weight excluding hydrogens is 492 g/mol. The van der Waals surface area contributed by atoms with Gasteiger partial charge in [-0.1, -0.05) is 6.07 Å². The molecule has 13 nitrogen and oxygen atoms in total. The number of hydrogen-bond acceptors (Lipinski definition) is 10. The summed E-state index contributed by atoms with van der Waals surface area (Å²) in [5, 5.41) is 15.2. The van der Waals surface area contributed by atoms with Gasteiger partial charge in [0, 0.05) is 58.2 Å². The number of piperazine rings is 1. The number of ether oxygens (including phenoxy) is 3. The maximum atomic E-state index is 13.0. The third-order valence-corrected chi connectivity index (χ3v) is 6.08. The molecule has 0 bridgehead atoms. The summed E-state index contributed by atoms with van der Waals surface area (Å²) in [5.41, 5.74) is 2.11. The summed E-state index contributed by atoms with van der Waals surface area (Å²) in [6, 6.07) is 6.68. The Balaban J connectivity index is 1.51. The molecule has 2 aliphatic heterocycles. The van der Waals surface area contributed by atoms with Crippen LogP contribution in [-0.4, -0.2) is 85.7 Å². The lowest BCUT2D eigenvalue weighted by Crippen LogP contribution is -2.48. The zero-order chi connectivity index (χ0) is 27.1. The number of nitrogens with one attached hydrogen (secondary N) is 2. The van der Waals surface area contributed by atoms with E-state index >= 15 is 0 Å². The van der Waals surface area contributed by atoms with Crippen LogP contribution in [-0.2, 0) is 25.5 Å². The predicted molar refractivity (Wildman–Crippen MR) is 138 cm³/mol. The number of urea groups is 1. The normalized spacial score (nSPS) is 15.5. The number of methoxy groups -OCH3 is 1. The van der Waals surface area contributed by atoms with Gasteiger partial charge in [-0.25, -0.2) is 14.8 Å². The summed E-state index contributed by atoms with van der Waals surface area (Å²) < 4.78 is 16.1. The van der Waals surface area contributed by atoms with Gasteiger partial charge in [0.25, 0.3) is 6.29 Å². The second kappa shape index (κ2) is 12.2. The minimum atomic E-state index is -0.787. The van der Waals surface area contributed by atoms with Crippen LogP contribution >= 0.6 is 0 Å². The van der Waals surface area contributed by atoms with E-state index in [-0.39, 0.29) is 11.7 Å².